The van der Waals surface area contributed by atoms with Crippen LogP contribution in [0.1, 0.15) is 53.9 Å². The van der Waals surface area contributed by atoms with Gasteiger partial charge in [-0.2, -0.15) is 0 Å². The Morgan fingerprint density at radius 3 is 2.61 bits per heavy atom. The highest BCUT2D eigenvalue weighted by molar-refractivity contribution is 7.99. The predicted octanol–water partition coefficient (Wildman–Crippen LogP) is 2.77. The summed E-state index contributed by atoms with van der Waals surface area (Å²) >= 11 is 1.37. The molecule has 1 saturated heterocycles. The van der Waals surface area contributed by atoms with Crippen molar-refractivity contribution in [1.82, 2.24) is 19.3 Å². The minimum atomic E-state index is -2.89. The molecule has 0 bridgehead atoms. The molecule has 9 heteroatoms. The van der Waals surface area contributed by atoms with Crippen molar-refractivity contribution in [2.24, 2.45) is 13.0 Å². The largest absolute Gasteiger partial charge is 0.346 e. The second-order valence-corrected chi connectivity index (χ2v) is 11.1. The summed E-state index contributed by atoms with van der Waals surface area (Å²) in [5.74, 6) is 1.75. The highest BCUT2D eigenvalue weighted by Gasteiger charge is 2.29. The van der Waals surface area contributed by atoms with Crippen LogP contribution >= 0.6 is 11.8 Å². The first-order valence-corrected chi connectivity index (χ1v) is 12.3. The molecule has 0 saturated carbocycles. The summed E-state index contributed by atoms with van der Waals surface area (Å²) in [6, 6.07) is 2.27. The molecule has 0 N–H and O–H groups in total. The van der Waals surface area contributed by atoms with Gasteiger partial charge in [0.05, 0.1) is 17.3 Å². The lowest BCUT2D eigenvalue weighted by Crippen LogP contribution is -2.11. The number of hydrogen-bond acceptors (Lipinski definition) is 6. The van der Waals surface area contributed by atoms with E-state index >= 15 is 0 Å². The first kappa shape index (κ1) is 21.1. The normalized spacial score (nSPS) is 18.9. The molecule has 0 aromatic carbocycles. The van der Waals surface area contributed by atoms with Gasteiger partial charge in [0.2, 0.25) is 0 Å². The highest BCUT2D eigenvalue weighted by atomic mass is 32.2. The summed E-state index contributed by atoms with van der Waals surface area (Å²) in [4.78, 5) is 12.7. The third-order valence-corrected chi connectivity index (χ3v) is 8.21. The first-order valence-electron chi connectivity index (χ1n) is 9.52. The monoisotopic (exact) mass is 424 g/mol. The van der Waals surface area contributed by atoms with Gasteiger partial charge in [0.15, 0.2) is 20.8 Å². The Balaban J connectivity index is 1.65. The molecular formula is C19H28N4O3S2. The van der Waals surface area contributed by atoms with Crippen LogP contribution in [-0.2, 0) is 23.3 Å². The number of Topliss-reactive ketones (excluding diaryl/α,β-unsaturated/α-hetero) is 1. The van der Waals surface area contributed by atoms with Gasteiger partial charge in [0.25, 0.3) is 0 Å². The van der Waals surface area contributed by atoms with Crippen molar-refractivity contribution in [3.8, 4) is 0 Å². The summed E-state index contributed by atoms with van der Waals surface area (Å²) in [6.07, 6.45) is 1.29. The zero-order valence-electron chi connectivity index (χ0n) is 17.1. The maximum absolute atomic E-state index is 12.7. The summed E-state index contributed by atoms with van der Waals surface area (Å²) in [5, 5.41) is 9.10. The molecule has 1 aliphatic rings. The van der Waals surface area contributed by atoms with Crippen LogP contribution in [0.2, 0.25) is 0 Å². The molecule has 1 aliphatic heterocycles. The molecular weight excluding hydrogens is 396 g/mol. The molecule has 2 aromatic rings. The Bertz CT molecular complexity index is 989. The van der Waals surface area contributed by atoms with Gasteiger partial charge in [-0.3, -0.25) is 4.79 Å². The van der Waals surface area contributed by atoms with Crippen molar-refractivity contribution >= 4 is 27.4 Å². The third kappa shape index (κ3) is 4.35. The van der Waals surface area contributed by atoms with Crippen LogP contribution in [0.15, 0.2) is 11.2 Å². The fourth-order valence-corrected chi connectivity index (χ4v) is 6.68. The number of aryl methyl sites for hydroxylation is 1. The summed E-state index contributed by atoms with van der Waals surface area (Å²) < 4.78 is 27.3. The summed E-state index contributed by atoms with van der Waals surface area (Å²) in [7, 11) is -1.02. The minimum Gasteiger partial charge on any atom is -0.346 e. The van der Waals surface area contributed by atoms with Crippen molar-refractivity contribution in [3.63, 3.8) is 0 Å². The van der Waals surface area contributed by atoms with E-state index in [-0.39, 0.29) is 23.2 Å². The second-order valence-electron chi connectivity index (χ2n) is 7.89. The lowest BCUT2D eigenvalue weighted by molar-refractivity contribution is 0.102. The Morgan fingerprint density at radius 1 is 1.32 bits per heavy atom. The quantitative estimate of drug-likeness (QED) is 0.502. The van der Waals surface area contributed by atoms with Gasteiger partial charge in [0.1, 0.15) is 5.82 Å². The van der Waals surface area contributed by atoms with E-state index < -0.39 is 9.84 Å². The van der Waals surface area contributed by atoms with Crippen LogP contribution in [0.4, 0.5) is 0 Å². The van der Waals surface area contributed by atoms with Gasteiger partial charge in [-0.1, -0.05) is 11.8 Å². The number of hydrogen-bond donors (Lipinski definition) is 0. The van der Waals surface area contributed by atoms with E-state index in [2.05, 4.69) is 28.6 Å². The molecule has 0 aliphatic carbocycles. The molecule has 28 heavy (non-hydrogen) atoms. The van der Waals surface area contributed by atoms with E-state index in [1.165, 1.54) is 11.8 Å². The molecule has 1 atom stereocenters. The van der Waals surface area contributed by atoms with Crippen LogP contribution in [0.5, 0.6) is 0 Å². The van der Waals surface area contributed by atoms with Crippen LogP contribution < -0.4 is 0 Å². The van der Waals surface area contributed by atoms with Gasteiger partial charge < -0.3 is 9.13 Å². The first-order chi connectivity index (χ1) is 13.1. The number of carbonyl (C=O) groups is 1. The van der Waals surface area contributed by atoms with Gasteiger partial charge in [-0.15, -0.1) is 10.2 Å². The van der Waals surface area contributed by atoms with Crippen LogP contribution in [0.25, 0.3) is 0 Å². The van der Waals surface area contributed by atoms with E-state index in [9.17, 15) is 13.2 Å². The van der Waals surface area contributed by atoms with Crippen LogP contribution in [0, 0.1) is 19.8 Å². The number of nitrogens with zero attached hydrogens (tertiary/aromatic N) is 4. The summed E-state index contributed by atoms with van der Waals surface area (Å²) in [5.41, 5.74) is 2.85. The topological polar surface area (TPSA) is 86.9 Å². The molecule has 2 aromatic heterocycles. The van der Waals surface area contributed by atoms with Crippen molar-refractivity contribution in [2.45, 2.75) is 51.7 Å². The number of sulfone groups is 1. The Morgan fingerprint density at radius 2 is 2.04 bits per heavy atom. The zero-order chi connectivity index (χ0) is 20.6. The number of rotatable bonds is 7. The molecule has 3 rings (SSSR count). The number of ketones is 1. The van der Waals surface area contributed by atoms with E-state index in [1.54, 1.807) is 0 Å². The average molecular weight is 425 g/mol. The highest BCUT2D eigenvalue weighted by Crippen LogP contribution is 2.25. The Hall–Kier alpha value is -1.61. The van der Waals surface area contributed by atoms with E-state index in [1.807, 2.05) is 31.5 Å². The van der Waals surface area contributed by atoms with Crippen molar-refractivity contribution < 1.29 is 13.2 Å². The number of carbonyl (C=O) groups excluding carboxylic acids is 1. The fraction of sp³-hybridized carbons (Fsp3) is 0.632. The molecule has 0 radical (unpaired) electrons. The molecule has 7 nitrogen and oxygen atoms in total. The molecule has 0 amide bonds. The van der Waals surface area contributed by atoms with Crippen molar-refractivity contribution in [2.75, 3.05) is 17.3 Å². The van der Waals surface area contributed by atoms with E-state index in [0.717, 1.165) is 22.8 Å². The van der Waals surface area contributed by atoms with Crippen LogP contribution in [-0.4, -0.2) is 50.8 Å². The van der Waals surface area contributed by atoms with E-state index in [4.69, 9.17) is 0 Å². The lowest BCUT2D eigenvalue weighted by atomic mass is 10.1. The SMILES string of the molecule is Cc1cc(C(=O)CSc2nnc(C[C@@H]3CCS(=O)(=O)C3)n2C)c(C)n1C(C)C. The number of aromatic nitrogens is 4. The third-order valence-electron chi connectivity index (χ3n) is 5.36. The van der Waals surface area contributed by atoms with Crippen molar-refractivity contribution in [3.05, 3.63) is 28.8 Å². The number of thioether (sulfide) groups is 1. The molecule has 3 heterocycles. The van der Waals surface area contributed by atoms with Crippen LogP contribution in [0.3, 0.4) is 0 Å². The average Bonchev–Trinajstić information content (AvgIpc) is 3.22. The Kier molecular flexibility index (Phi) is 6.05. The maximum atomic E-state index is 12.7. The molecule has 1 fully saturated rings. The molecule has 154 valence electrons. The molecule has 0 spiro atoms. The lowest BCUT2D eigenvalue weighted by Gasteiger charge is -2.13. The second kappa shape index (κ2) is 8.02. The minimum absolute atomic E-state index is 0.0800. The zero-order valence-corrected chi connectivity index (χ0v) is 18.7. The van der Waals surface area contributed by atoms with Crippen molar-refractivity contribution in [1.29, 1.82) is 0 Å². The summed E-state index contributed by atoms with van der Waals surface area (Å²) in [6.45, 7) is 8.23. The van der Waals surface area contributed by atoms with E-state index in [0.29, 0.717) is 29.8 Å². The van der Waals surface area contributed by atoms with Gasteiger partial charge >= 0.3 is 0 Å². The van der Waals surface area contributed by atoms with Gasteiger partial charge in [-0.25, -0.2) is 8.42 Å². The Labute approximate surface area is 170 Å². The van der Waals surface area contributed by atoms with Gasteiger partial charge in [0, 0.05) is 36.5 Å². The molecule has 0 unspecified atom stereocenters. The maximum Gasteiger partial charge on any atom is 0.191 e. The fourth-order valence-electron chi connectivity index (χ4n) is 4.00. The smallest absolute Gasteiger partial charge is 0.191 e. The predicted molar refractivity (Wildman–Crippen MR) is 111 cm³/mol. The van der Waals surface area contributed by atoms with Gasteiger partial charge in [-0.05, 0) is 46.1 Å². The standard InChI is InChI=1S/C19H28N4O3S2/c1-12(2)23-13(3)8-16(14(23)4)17(24)10-27-19-21-20-18(22(19)5)9-15-6-7-28(25,26)11-15/h8,12,15H,6-7,9-11H2,1-5H3/t15-/m0/s1.